The molecule has 14 heteroatoms. The zero-order valence-electron chi connectivity index (χ0n) is 19.0. The fourth-order valence-corrected chi connectivity index (χ4v) is 24.5. The van der Waals surface area contributed by atoms with Gasteiger partial charge in [-0.1, -0.05) is 6.92 Å². The van der Waals surface area contributed by atoms with Crippen LogP contribution < -0.4 is 0 Å². The molecule has 0 amide bonds. The Bertz CT molecular complexity index is 490. The Morgan fingerprint density at radius 1 is 0.897 bits per heavy atom. The third-order valence-corrected chi connectivity index (χ3v) is 23.9. The van der Waals surface area contributed by atoms with E-state index >= 15 is 0 Å². The third kappa shape index (κ3) is 7.67. The van der Waals surface area contributed by atoms with Gasteiger partial charge in [-0.2, -0.15) is 0 Å². The summed E-state index contributed by atoms with van der Waals surface area (Å²) in [7, 11) is -6.62. The third-order valence-electron chi connectivity index (χ3n) is 5.07. The number of rotatable bonds is 11. The molecular weight excluding hydrogens is 465 g/mol. The van der Waals surface area contributed by atoms with Crippen LogP contribution in [0.15, 0.2) is 0 Å². The largest absolute Gasteiger partial charge is 0.500 e. The molecule has 0 bridgehead atoms. The highest BCUT2D eigenvalue weighted by Crippen LogP contribution is 2.35. The first kappa shape index (κ1) is 26.0. The highest BCUT2D eigenvalue weighted by molar-refractivity contribution is 6.85. The van der Waals surface area contributed by atoms with Gasteiger partial charge >= 0.3 is 44.5 Å². The lowest BCUT2D eigenvalue weighted by molar-refractivity contribution is 0.0507. The summed E-state index contributed by atoms with van der Waals surface area (Å²) in [5, 5.41) is 0. The first-order valence-corrected chi connectivity index (χ1v) is 21.4. The second-order valence-electron chi connectivity index (χ2n) is 7.79. The van der Waals surface area contributed by atoms with Crippen molar-refractivity contribution in [2.45, 2.75) is 70.1 Å². The highest BCUT2D eigenvalue weighted by atomic mass is 28.5. The Balaban J connectivity index is 1.96. The van der Waals surface area contributed by atoms with Crippen molar-refractivity contribution in [3.05, 3.63) is 0 Å². The lowest BCUT2D eigenvalue weighted by atomic mass is 10.5. The van der Waals surface area contributed by atoms with Crippen LogP contribution in [0, 0.1) is 0 Å². The van der Waals surface area contributed by atoms with Crippen molar-refractivity contribution in [2.24, 2.45) is 0 Å². The summed E-state index contributed by atoms with van der Waals surface area (Å²) in [6.45, 7) is 11.1. The maximum atomic E-state index is 6.47. The molecule has 4 unspecified atom stereocenters. The molecule has 0 radical (unpaired) electrons. The lowest BCUT2D eigenvalue weighted by Crippen LogP contribution is -2.59. The van der Waals surface area contributed by atoms with Gasteiger partial charge in [-0.15, -0.1) is 0 Å². The van der Waals surface area contributed by atoms with Crippen LogP contribution >= 0.6 is 0 Å². The fraction of sp³-hybridized carbons (Fsp3) is 1.00. The van der Waals surface area contributed by atoms with Crippen LogP contribution in [0.3, 0.4) is 0 Å². The molecule has 0 aromatic carbocycles. The monoisotopic (exact) mass is 502 g/mol. The van der Waals surface area contributed by atoms with E-state index in [9.17, 15) is 0 Å². The summed E-state index contributed by atoms with van der Waals surface area (Å²) >= 11 is 0. The summed E-state index contributed by atoms with van der Waals surface area (Å²) < 4.78 is 53.8. The van der Waals surface area contributed by atoms with Crippen molar-refractivity contribution in [2.75, 3.05) is 27.9 Å². The molecule has 0 aromatic rings. The first-order valence-electron chi connectivity index (χ1n) is 10.3. The standard InChI is InChI=1S/C15H38O9Si5/c1-9-10-19-15-14(20-15)13-28(8)23-25(5)21-27(7,22-26(6)24-28)11-12-29(16-2,17-3)18-4/h14-15,25-26H,9-13H2,1-8H3. The summed E-state index contributed by atoms with van der Waals surface area (Å²) in [5.74, 6) is 0. The Kier molecular flexibility index (Phi) is 9.89. The van der Waals surface area contributed by atoms with Gasteiger partial charge in [-0.25, -0.2) is 0 Å². The lowest BCUT2D eigenvalue weighted by Gasteiger charge is -2.42. The minimum atomic E-state index is -2.68. The van der Waals surface area contributed by atoms with E-state index in [0.29, 0.717) is 18.7 Å². The van der Waals surface area contributed by atoms with E-state index in [1.807, 2.05) is 13.1 Å². The maximum absolute atomic E-state index is 6.47. The minimum Gasteiger partial charge on any atom is -0.418 e. The van der Waals surface area contributed by atoms with E-state index in [1.165, 1.54) is 0 Å². The smallest absolute Gasteiger partial charge is 0.418 e. The van der Waals surface area contributed by atoms with Gasteiger partial charge in [0.1, 0.15) is 6.10 Å². The normalized spacial score (nSPS) is 38.5. The van der Waals surface area contributed by atoms with Crippen LogP contribution in [0.4, 0.5) is 0 Å². The molecule has 9 nitrogen and oxygen atoms in total. The van der Waals surface area contributed by atoms with Crippen LogP contribution in [0.1, 0.15) is 13.3 Å². The fourth-order valence-electron chi connectivity index (χ4n) is 3.68. The van der Waals surface area contributed by atoms with Crippen LogP contribution in [0.5, 0.6) is 0 Å². The van der Waals surface area contributed by atoms with Gasteiger partial charge < -0.3 is 39.2 Å². The number of ether oxygens (including phenoxy) is 2. The van der Waals surface area contributed by atoms with E-state index in [2.05, 4.69) is 20.0 Å². The van der Waals surface area contributed by atoms with E-state index in [4.69, 9.17) is 39.2 Å². The van der Waals surface area contributed by atoms with Crippen LogP contribution in [0.2, 0.25) is 44.3 Å². The van der Waals surface area contributed by atoms with E-state index in [0.717, 1.165) is 12.5 Å². The molecule has 0 saturated carbocycles. The SMILES string of the molecule is CCCOC1OC1C[Si]1(C)O[SiH](C)O[Si](C)(CC[Si](OC)(OC)OC)O[SiH](C)O1. The van der Waals surface area contributed by atoms with Crippen LogP contribution in [-0.2, 0) is 39.2 Å². The Morgan fingerprint density at radius 3 is 1.90 bits per heavy atom. The molecule has 0 spiro atoms. The molecule has 2 aliphatic heterocycles. The molecule has 29 heavy (non-hydrogen) atoms. The summed E-state index contributed by atoms with van der Waals surface area (Å²) in [6, 6.07) is 2.10. The molecule has 0 N–H and O–H groups in total. The maximum Gasteiger partial charge on any atom is 0.500 e. The Morgan fingerprint density at radius 2 is 1.41 bits per heavy atom. The number of epoxide rings is 1. The molecule has 2 heterocycles. The molecule has 172 valence electrons. The van der Waals surface area contributed by atoms with E-state index in [-0.39, 0.29) is 12.4 Å². The predicted molar refractivity (Wildman–Crippen MR) is 120 cm³/mol. The molecule has 0 aromatic heterocycles. The van der Waals surface area contributed by atoms with Gasteiger partial charge in [0.15, 0.2) is 6.29 Å². The summed E-state index contributed by atoms with van der Waals surface area (Å²) in [4.78, 5) is 0. The molecular formula is C15H38O9Si5. The zero-order chi connectivity index (χ0) is 21.7. The van der Waals surface area contributed by atoms with Crippen LogP contribution in [0.25, 0.3) is 0 Å². The van der Waals surface area contributed by atoms with Gasteiger partial charge in [0.25, 0.3) is 0 Å². The van der Waals surface area contributed by atoms with Crippen molar-refractivity contribution in [3.63, 3.8) is 0 Å². The van der Waals surface area contributed by atoms with Gasteiger partial charge in [0.2, 0.25) is 0 Å². The Hall–Kier alpha value is 0.724. The molecule has 2 fully saturated rings. The van der Waals surface area contributed by atoms with Crippen molar-refractivity contribution in [1.29, 1.82) is 0 Å². The molecule has 2 rings (SSSR count). The van der Waals surface area contributed by atoms with Crippen molar-refractivity contribution < 1.29 is 39.2 Å². The second-order valence-corrected chi connectivity index (χ2v) is 22.4. The van der Waals surface area contributed by atoms with E-state index < -0.39 is 44.5 Å². The average Bonchev–Trinajstić information content (AvgIpc) is 3.36. The van der Waals surface area contributed by atoms with Crippen molar-refractivity contribution >= 4 is 44.5 Å². The molecule has 0 aliphatic carbocycles. The second kappa shape index (κ2) is 11.0. The van der Waals surface area contributed by atoms with Gasteiger partial charge in [-0.05, 0) is 38.7 Å². The predicted octanol–water partition coefficient (Wildman–Crippen LogP) is 1.94. The summed E-state index contributed by atoms with van der Waals surface area (Å²) in [6.07, 6.45) is 0.912. The quantitative estimate of drug-likeness (QED) is 0.311. The van der Waals surface area contributed by atoms with Crippen molar-refractivity contribution in [3.8, 4) is 0 Å². The first-order chi connectivity index (χ1) is 13.6. The van der Waals surface area contributed by atoms with Crippen molar-refractivity contribution in [1.82, 2.24) is 0 Å². The molecule has 4 atom stereocenters. The highest BCUT2D eigenvalue weighted by Gasteiger charge is 2.52. The molecule has 2 saturated heterocycles. The Labute approximate surface area is 181 Å². The number of hydrogen-bond acceptors (Lipinski definition) is 9. The topological polar surface area (TPSA) is 86.4 Å². The average molecular weight is 503 g/mol. The van der Waals surface area contributed by atoms with Gasteiger partial charge in [0.05, 0.1) is 0 Å². The van der Waals surface area contributed by atoms with Crippen LogP contribution in [-0.4, -0.2) is 84.8 Å². The van der Waals surface area contributed by atoms with E-state index in [1.54, 1.807) is 21.3 Å². The van der Waals surface area contributed by atoms with Gasteiger partial charge in [-0.3, -0.25) is 0 Å². The number of hydrogen-bond donors (Lipinski definition) is 0. The molecule has 2 aliphatic rings. The minimum absolute atomic E-state index is 0.0559. The summed E-state index contributed by atoms with van der Waals surface area (Å²) in [5.41, 5.74) is 0. The zero-order valence-corrected chi connectivity index (χ0v) is 24.3. The van der Waals surface area contributed by atoms with Gasteiger partial charge in [0, 0.05) is 40.0 Å².